The van der Waals surface area contributed by atoms with E-state index in [-0.39, 0.29) is 0 Å². The summed E-state index contributed by atoms with van der Waals surface area (Å²) in [5, 5.41) is 10.5. The molecular formula is C14H20O2. The molecule has 0 aliphatic rings. The standard InChI is InChI=1S/C14H20O2/c1-5-11(6-2)14(3,15)12-7-9-13(16-4)10-8-12/h5,7-10,15H,6H2,1-4H3. The molecule has 1 N–H and O–H groups in total. The van der Waals surface area contributed by atoms with Crippen molar-refractivity contribution in [2.75, 3.05) is 7.11 Å². The Morgan fingerprint density at radius 3 is 2.31 bits per heavy atom. The van der Waals surface area contributed by atoms with Crippen molar-refractivity contribution in [1.29, 1.82) is 0 Å². The van der Waals surface area contributed by atoms with Crippen LogP contribution >= 0.6 is 0 Å². The van der Waals surface area contributed by atoms with Crippen LogP contribution in [-0.2, 0) is 5.60 Å². The van der Waals surface area contributed by atoms with E-state index < -0.39 is 5.60 Å². The van der Waals surface area contributed by atoms with E-state index in [1.807, 2.05) is 51.1 Å². The van der Waals surface area contributed by atoms with E-state index in [1.165, 1.54) is 0 Å². The molecule has 16 heavy (non-hydrogen) atoms. The van der Waals surface area contributed by atoms with E-state index in [4.69, 9.17) is 4.74 Å². The smallest absolute Gasteiger partial charge is 0.118 e. The van der Waals surface area contributed by atoms with Crippen LogP contribution in [0.1, 0.15) is 32.8 Å². The topological polar surface area (TPSA) is 29.5 Å². The fourth-order valence-electron chi connectivity index (χ4n) is 1.93. The number of ether oxygens (including phenoxy) is 1. The molecule has 0 aromatic heterocycles. The van der Waals surface area contributed by atoms with E-state index in [1.54, 1.807) is 7.11 Å². The van der Waals surface area contributed by atoms with Gasteiger partial charge < -0.3 is 9.84 Å². The first-order chi connectivity index (χ1) is 7.56. The number of aliphatic hydroxyl groups is 1. The summed E-state index contributed by atoms with van der Waals surface area (Å²) >= 11 is 0. The minimum Gasteiger partial charge on any atom is -0.497 e. The van der Waals surface area contributed by atoms with Gasteiger partial charge in [-0.05, 0) is 43.5 Å². The van der Waals surface area contributed by atoms with Gasteiger partial charge in [0.2, 0.25) is 0 Å². The molecule has 1 atom stereocenters. The highest BCUT2D eigenvalue weighted by Crippen LogP contribution is 2.31. The van der Waals surface area contributed by atoms with E-state index in [9.17, 15) is 5.11 Å². The normalized spacial score (nSPS) is 15.7. The summed E-state index contributed by atoms with van der Waals surface area (Å²) in [4.78, 5) is 0. The SMILES string of the molecule is CC=C(CC)C(C)(O)c1ccc(OC)cc1. The molecule has 2 heteroatoms. The minimum absolute atomic E-state index is 0.804. The second-order valence-corrected chi connectivity index (χ2v) is 3.97. The summed E-state index contributed by atoms with van der Waals surface area (Å²) in [6, 6.07) is 7.54. The van der Waals surface area contributed by atoms with Gasteiger partial charge >= 0.3 is 0 Å². The molecule has 0 radical (unpaired) electrons. The Labute approximate surface area is 97.6 Å². The molecule has 1 aromatic carbocycles. The highest BCUT2D eigenvalue weighted by molar-refractivity contribution is 5.35. The van der Waals surface area contributed by atoms with Crippen molar-refractivity contribution in [3.63, 3.8) is 0 Å². The first-order valence-electron chi connectivity index (χ1n) is 5.58. The molecule has 0 fully saturated rings. The van der Waals surface area contributed by atoms with Crippen LogP contribution in [0.4, 0.5) is 0 Å². The molecule has 0 saturated heterocycles. The number of hydrogen-bond acceptors (Lipinski definition) is 2. The van der Waals surface area contributed by atoms with Gasteiger partial charge in [0.15, 0.2) is 0 Å². The molecule has 0 heterocycles. The van der Waals surface area contributed by atoms with Crippen LogP contribution in [0.2, 0.25) is 0 Å². The van der Waals surface area contributed by atoms with Gasteiger partial charge in [-0.15, -0.1) is 0 Å². The zero-order valence-electron chi connectivity index (χ0n) is 10.4. The second kappa shape index (κ2) is 5.17. The third kappa shape index (κ3) is 2.45. The lowest BCUT2D eigenvalue weighted by Gasteiger charge is -2.26. The predicted octanol–water partition coefficient (Wildman–Crippen LogP) is 3.26. The van der Waals surface area contributed by atoms with E-state index >= 15 is 0 Å². The maximum Gasteiger partial charge on any atom is 0.118 e. The Morgan fingerprint density at radius 1 is 1.38 bits per heavy atom. The van der Waals surface area contributed by atoms with Crippen LogP contribution in [0.15, 0.2) is 35.9 Å². The van der Waals surface area contributed by atoms with Crippen molar-refractivity contribution in [1.82, 2.24) is 0 Å². The van der Waals surface area contributed by atoms with Crippen molar-refractivity contribution >= 4 is 0 Å². The van der Waals surface area contributed by atoms with Crippen LogP contribution in [0.5, 0.6) is 5.75 Å². The molecule has 88 valence electrons. The zero-order chi connectivity index (χ0) is 12.2. The summed E-state index contributed by atoms with van der Waals surface area (Å²) < 4.78 is 5.10. The van der Waals surface area contributed by atoms with Crippen LogP contribution in [0.3, 0.4) is 0 Å². The third-order valence-electron chi connectivity index (χ3n) is 3.01. The monoisotopic (exact) mass is 220 g/mol. The summed E-state index contributed by atoms with van der Waals surface area (Å²) in [5.74, 6) is 0.804. The maximum atomic E-state index is 10.5. The lowest BCUT2D eigenvalue weighted by molar-refractivity contribution is 0.0940. The molecule has 0 spiro atoms. The molecule has 0 bridgehead atoms. The van der Waals surface area contributed by atoms with Gasteiger partial charge in [0.1, 0.15) is 11.4 Å². The Bertz CT molecular complexity index is 361. The van der Waals surface area contributed by atoms with Gasteiger partial charge in [-0.2, -0.15) is 0 Å². The number of rotatable bonds is 4. The lowest BCUT2D eigenvalue weighted by Crippen LogP contribution is -2.23. The number of allylic oxidation sites excluding steroid dienone is 1. The van der Waals surface area contributed by atoms with Crippen molar-refractivity contribution in [3.8, 4) is 5.75 Å². The number of hydrogen-bond donors (Lipinski definition) is 1. The van der Waals surface area contributed by atoms with Crippen LogP contribution in [0.25, 0.3) is 0 Å². The average molecular weight is 220 g/mol. The summed E-state index contributed by atoms with van der Waals surface area (Å²) in [6.07, 6.45) is 2.82. The third-order valence-corrected chi connectivity index (χ3v) is 3.01. The quantitative estimate of drug-likeness (QED) is 0.789. The summed E-state index contributed by atoms with van der Waals surface area (Å²) in [5.41, 5.74) is 1.02. The molecule has 0 saturated carbocycles. The molecule has 1 aromatic rings. The Kier molecular flexibility index (Phi) is 4.13. The average Bonchev–Trinajstić information content (AvgIpc) is 2.30. The van der Waals surface area contributed by atoms with E-state index in [0.29, 0.717) is 0 Å². The molecule has 0 amide bonds. The first-order valence-corrected chi connectivity index (χ1v) is 5.58. The van der Waals surface area contributed by atoms with Gasteiger partial charge in [0.25, 0.3) is 0 Å². The van der Waals surface area contributed by atoms with Crippen LogP contribution in [0, 0.1) is 0 Å². The highest BCUT2D eigenvalue weighted by Gasteiger charge is 2.26. The Balaban J connectivity index is 3.06. The number of benzene rings is 1. The second-order valence-electron chi connectivity index (χ2n) is 3.97. The molecule has 2 nitrogen and oxygen atoms in total. The maximum absolute atomic E-state index is 10.5. The molecular weight excluding hydrogens is 200 g/mol. The fraction of sp³-hybridized carbons (Fsp3) is 0.429. The van der Waals surface area contributed by atoms with Gasteiger partial charge in [0.05, 0.1) is 7.11 Å². The summed E-state index contributed by atoms with van der Waals surface area (Å²) in [7, 11) is 1.64. The van der Waals surface area contributed by atoms with Gasteiger partial charge in [-0.1, -0.05) is 25.1 Å². The molecule has 1 rings (SSSR count). The Hall–Kier alpha value is -1.28. The molecule has 1 unspecified atom stereocenters. The predicted molar refractivity (Wildman–Crippen MR) is 66.6 cm³/mol. The summed E-state index contributed by atoms with van der Waals surface area (Å²) in [6.45, 7) is 5.83. The van der Waals surface area contributed by atoms with Crippen LogP contribution < -0.4 is 4.74 Å². The zero-order valence-corrected chi connectivity index (χ0v) is 10.4. The van der Waals surface area contributed by atoms with Gasteiger partial charge in [-0.3, -0.25) is 0 Å². The number of methoxy groups -OCH3 is 1. The van der Waals surface area contributed by atoms with Crippen molar-refractivity contribution in [2.24, 2.45) is 0 Å². The van der Waals surface area contributed by atoms with Crippen molar-refractivity contribution < 1.29 is 9.84 Å². The highest BCUT2D eigenvalue weighted by atomic mass is 16.5. The van der Waals surface area contributed by atoms with Crippen molar-refractivity contribution in [3.05, 3.63) is 41.5 Å². The van der Waals surface area contributed by atoms with Gasteiger partial charge in [-0.25, -0.2) is 0 Å². The van der Waals surface area contributed by atoms with Crippen LogP contribution in [-0.4, -0.2) is 12.2 Å². The van der Waals surface area contributed by atoms with E-state index in [0.717, 1.165) is 23.3 Å². The molecule has 0 aliphatic heterocycles. The fourth-order valence-corrected chi connectivity index (χ4v) is 1.93. The largest absolute Gasteiger partial charge is 0.497 e. The van der Waals surface area contributed by atoms with Crippen molar-refractivity contribution in [2.45, 2.75) is 32.8 Å². The molecule has 0 aliphatic carbocycles. The Morgan fingerprint density at radius 2 is 1.94 bits per heavy atom. The van der Waals surface area contributed by atoms with E-state index in [2.05, 4.69) is 0 Å². The van der Waals surface area contributed by atoms with Gasteiger partial charge in [0, 0.05) is 0 Å². The minimum atomic E-state index is -0.893. The first kappa shape index (κ1) is 12.8. The lowest BCUT2D eigenvalue weighted by atomic mass is 9.86.